The number of nitrogens with zero attached hydrogens (tertiary/aromatic N) is 5. The van der Waals surface area contributed by atoms with Gasteiger partial charge in [0.05, 0.1) is 56.4 Å². The molecule has 5 heteroatoms. The van der Waals surface area contributed by atoms with Gasteiger partial charge in [-0.25, -0.2) is 0 Å². The zero-order valence-electron chi connectivity index (χ0n) is 29.5. The van der Waals surface area contributed by atoms with E-state index in [1.807, 2.05) is 42.5 Å². The van der Waals surface area contributed by atoms with Gasteiger partial charge in [-0.15, -0.1) is 0 Å². The Balaban J connectivity index is 1.13. The van der Waals surface area contributed by atoms with Crippen LogP contribution in [0.15, 0.2) is 176 Å². The fourth-order valence-corrected chi connectivity index (χ4v) is 8.83. The molecule has 11 aromatic rings. The van der Waals surface area contributed by atoms with Crippen molar-refractivity contribution in [3.05, 3.63) is 187 Å². The largest absolute Gasteiger partial charge is 0.309 e. The van der Waals surface area contributed by atoms with Crippen molar-refractivity contribution in [2.24, 2.45) is 0 Å². The molecule has 0 amide bonds. The molecule has 0 atom stereocenters. The van der Waals surface area contributed by atoms with E-state index >= 15 is 0 Å². The lowest BCUT2D eigenvalue weighted by molar-refractivity contribution is 1.17. The standard InChI is InChI=1S/C50H29N5/c51-30-32-28-35(54-44-18-8-4-14-39(44)40-15-5-9-19-45(40)54)22-24-37(32)38-25-23-36(29-33(38)31-52)55-46-20-10-6-16-41(46)42-26-27-48-49(50(42)55)43-17-7-11-21-47(43)53(48)34-12-2-1-3-13-34/h1-29H. The summed E-state index contributed by atoms with van der Waals surface area (Å²) in [6, 6.07) is 65.7. The van der Waals surface area contributed by atoms with Crippen LogP contribution in [0.3, 0.4) is 0 Å². The Hall–Kier alpha value is -7.86. The van der Waals surface area contributed by atoms with Gasteiger partial charge >= 0.3 is 0 Å². The second kappa shape index (κ2) is 11.8. The van der Waals surface area contributed by atoms with Crippen LogP contribution in [-0.2, 0) is 0 Å². The van der Waals surface area contributed by atoms with Crippen LogP contribution in [0.1, 0.15) is 11.1 Å². The molecule has 0 saturated carbocycles. The van der Waals surface area contributed by atoms with Crippen LogP contribution in [0.4, 0.5) is 0 Å². The highest BCUT2D eigenvalue weighted by atomic mass is 15.0. The molecule has 8 aromatic carbocycles. The first kappa shape index (κ1) is 30.7. The molecule has 3 aromatic heterocycles. The molecule has 0 radical (unpaired) electrons. The predicted molar refractivity (Wildman–Crippen MR) is 224 cm³/mol. The molecule has 0 fully saturated rings. The van der Waals surface area contributed by atoms with Crippen molar-refractivity contribution in [3.8, 4) is 40.3 Å². The molecule has 0 aliphatic rings. The molecule has 0 unspecified atom stereocenters. The van der Waals surface area contributed by atoms with E-state index in [0.29, 0.717) is 11.1 Å². The third kappa shape index (κ3) is 4.39. The monoisotopic (exact) mass is 699 g/mol. The van der Waals surface area contributed by atoms with Crippen molar-refractivity contribution in [3.63, 3.8) is 0 Å². The molecule has 11 rings (SSSR count). The molecule has 0 spiro atoms. The zero-order valence-corrected chi connectivity index (χ0v) is 29.5. The lowest BCUT2D eigenvalue weighted by Crippen LogP contribution is -1.99. The van der Waals surface area contributed by atoms with Gasteiger partial charge in [-0.05, 0) is 66.7 Å². The molecule has 0 aliphatic carbocycles. The molecule has 0 bridgehead atoms. The van der Waals surface area contributed by atoms with Gasteiger partial charge in [0.15, 0.2) is 0 Å². The second-order valence-electron chi connectivity index (χ2n) is 13.9. The summed E-state index contributed by atoms with van der Waals surface area (Å²) in [4.78, 5) is 0. The molecule has 3 heterocycles. The van der Waals surface area contributed by atoms with Gasteiger partial charge in [0.2, 0.25) is 0 Å². The first-order chi connectivity index (χ1) is 27.2. The highest BCUT2D eigenvalue weighted by molar-refractivity contribution is 6.26. The smallest absolute Gasteiger partial charge is 0.0998 e. The highest BCUT2D eigenvalue weighted by Gasteiger charge is 2.22. The molecule has 55 heavy (non-hydrogen) atoms. The maximum Gasteiger partial charge on any atom is 0.0998 e. The van der Waals surface area contributed by atoms with Gasteiger partial charge in [0.25, 0.3) is 0 Å². The third-order valence-electron chi connectivity index (χ3n) is 11.1. The van der Waals surface area contributed by atoms with E-state index in [1.54, 1.807) is 0 Å². The van der Waals surface area contributed by atoms with E-state index in [1.165, 1.54) is 0 Å². The Morgan fingerprint density at radius 3 is 1.33 bits per heavy atom. The third-order valence-corrected chi connectivity index (χ3v) is 11.1. The van der Waals surface area contributed by atoms with Crippen LogP contribution < -0.4 is 0 Å². The topological polar surface area (TPSA) is 62.4 Å². The van der Waals surface area contributed by atoms with E-state index in [9.17, 15) is 10.5 Å². The fraction of sp³-hybridized carbons (Fsp3) is 0. The van der Waals surface area contributed by atoms with E-state index in [0.717, 1.165) is 93.6 Å². The first-order valence-corrected chi connectivity index (χ1v) is 18.3. The highest BCUT2D eigenvalue weighted by Crippen LogP contribution is 2.43. The summed E-state index contributed by atoms with van der Waals surface area (Å²) < 4.78 is 6.85. The number of para-hydroxylation sites is 5. The molecule has 0 saturated heterocycles. The number of hydrogen-bond donors (Lipinski definition) is 0. The number of benzene rings is 8. The van der Waals surface area contributed by atoms with Crippen molar-refractivity contribution >= 4 is 65.4 Å². The molecule has 0 aliphatic heterocycles. The maximum absolute atomic E-state index is 10.7. The Morgan fingerprint density at radius 2 is 0.764 bits per heavy atom. The van der Waals surface area contributed by atoms with Crippen LogP contribution >= 0.6 is 0 Å². The average Bonchev–Trinajstić information content (AvgIpc) is 3.89. The van der Waals surface area contributed by atoms with Crippen LogP contribution in [0.25, 0.3) is 93.6 Å². The summed E-state index contributed by atoms with van der Waals surface area (Å²) in [5, 5.41) is 28.2. The van der Waals surface area contributed by atoms with Crippen LogP contribution in [-0.4, -0.2) is 13.7 Å². The maximum atomic E-state index is 10.7. The predicted octanol–water partition coefficient (Wildman–Crippen LogP) is 12.4. The van der Waals surface area contributed by atoms with Crippen molar-refractivity contribution in [1.29, 1.82) is 10.5 Å². The first-order valence-electron chi connectivity index (χ1n) is 18.3. The Labute approximate surface area is 316 Å². The summed E-state index contributed by atoms with van der Waals surface area (Å²) >= 11 is 0. The van der Waals surface area contributed by atoms with Gasteiger partial charge in [-0.3, -0.25) is 0 Å². The summed E-state index contributed by atoms with van der Waals surface area (Å²) in [5.74, 6) is 0. The molecule has 254 valence electrons. The second-order valence-corrected chi connectivity index (χ2v) is 13.9. The normalized spacial score (nSPS) is 11.6. The molecule has 5 nitrogen and oxygen atoms in total. The fourth-order valence-electron chi connectivity index (χ4n) is 8.83. The number of fused-ring (bicyclic) bond motifs is 10. The number of nitriles is 2. The van der Waals surface area contributed by atoms with Crippen LogP contribution in [0.5, 0.6) is 0 Å². The van der Waals surface area contributed by atoms with E-state index in [4.69, 9.17) is 0 Å². The number of hydrogen-bond acceptors (Lipinski definition) is 2. The lowest BCUT2D eigenvalue weighted by atomic mass is 9.95. The number of aromatic nitrogens is 3. The SMILES string of the molecule is N#Cc1cc(-n2c3ccccc3c3ccccc32)ccc1-c1ccc(-n2c3ccccc3c3ccc4c(c5ccccc5n4-c4ccccc4)c32)cc1C#N. The van der Waals surface area contributed by atoms with E-state index in [2.05, 4.69) is 159 Å². The van der Waals surface area contributed by atoms with Gasteiger partial charge in [0, 0.05) is 60.5 Å². The minimum absolute atomic E-state index is 0.503. The van der Waals surface area contributed by atoms with Gasteiger partial charge in [-0.2, -0.15) is 10.5 Å². The zero-order chi connectivity index (χ0) is 36.6. The van der Waals surface area contributed by atoms with Gasteiger partial charge < -0.3 is 13.7 Å². The van der Waals surface area contributed by atoms with Gasteiger partial charge in [0.1, 0.15) is 0 Å². The van der Waals surface area contributed by atoms with E-state index < -0.39 is 0 Å². The summed E-state index contributed by atoms with van der Waals surface area (Å²) in [5.41, 5.74) is 11.9. The molecule has 0 N–H and O–H groups in total. The van der Waals surface area contributed by atoms with Crippen molar-refractivity contribution in [2.45, 2.75) is 0 Å². The van der Waals surface area contributed by atoms with Crippen LogP contribution in [0, 0.1) is 22.7 Å². The van der Waals surface area contributed by atoms with Crippen LogP contribution in [0.2, 0.25) is 0 Å². The van der Waals surface area contributed by atoms with E-state index in [-0.39, 0.29) is 0 Å². The minimum atomic E-state index is 0.503. The summed E-state index contributed by atoms with van der Waals surface area (Å²) in [6.07, 6.45) is 0. The molecular formula is C50H29N5. The van der Waals surface area contributed by atoms with Gasteiger partial charge in [-0.1, -0.05) is 109 Å². The Morgan fingerprint density at radius 1 is 0.327 bits per heavy atom. The average molecular weight is 700 g/mol. The lowest BCUT2D eigenvalue weighted by Gasteiger charge is -2.14. The number of rotatable bonds is 4. The summed E-state index contributed by atoms with van der Waals surface area (Å²) in [7, 11) is 0. The Bertz CT molecular complexity index is 3400. The van der Waals surface area contributed by atoms with Crippen molar-refractivity contribution in [1.82, 2.24) is 13.7 Å². The summed E-state index contributed by atoms with van der Waals surface area (Å²) in [6.45, 7) is 0. The molecular weight excluding hydrogens is 671 g/mol. The minimum Gasteiger partial charge on any atom is -0.309 e. The van der Waals surface area contributed by atoms with Crippen molar-refractivity contribution in [2.75, 3.05) is 0 Å². The quantitative estimate of drug-likeness (QED) is 0.184. The Kier molecular flexibility index (Phi) is 6.61. The van der Waals surface area contributed by atoms with Crippen molar-refractivity contribution < 1.29 is 0 Å².